The molecule has 0 spiro atoms. The molecule has 0 unspecified atom stereocenters. The third-order valence-corrected chi connectivity index (χ3v) is 8.09. The van der Waals surface area contributed by atoms with Gasteiger partial charge in [0.2, 0.25) is 15.9 Å². The zero-order chi connectivity index (χ0) is 27.4. The van der Waals surface area contributed by atoms with Crippen molar-refractivity contribution in [3.63, 3.8) is 0 Å². The van der Waals surface area contributed by atoms with Gasteiger partial charge in [-0.1, -0.05) is 17.7 Å². The Hall–Kier alpha value is -3.77. The molecule has 0 heterocycles. The van der Waals surface area contributed by atoms with Crippen LogP contribution in [0.15, 0.2) is 71.6 Å². The van der Waals surface area contributed by atoms with Gasteiger partial charge in [0.25, 0.3) is 10.0 Å². The van der Waals surface area contributed by atoms with Gasteiger partial charge in [0.05, 0.1) is 36.7 Å². The molecule has 0 aliphatic rings. The van der Waals surface area contributed by atoms with Crippen LogP contribution in [0.2, 0.25) is 0 Å². The van der Waals surface area contributed by atoms with Crippen LogP contribution in [-0.4, -0.2) is 49.3 Å². The highest BCUT2D eigenvalue weighted by Gasteiger charge is 2.29. The number of hydrogen-bond acceptors (Lipinski definition) is 7. The second kappa shape index (κ2) is 11.1. The van der Waals surface area contributed by atoms with Gasteiger partial charge in [-0.2, -0.15) is 0 Å². The summed E-state index contributed by atoms with van der Waals surface area (Å²) in [6, 6.07) is 15.9. The minimum Gasteiger partial charge on any atom is -0.497 e. The van der Waals surface area contributed by atoms with Crippen LogP contribution in [0.1, 0.15) is 12.5 Å². The Morgan fingerprint density at radius 2 is 1.51 bits per heavy atom. The average Bonchev–Trinajstić information content (AvgIpc) is 2.85. The molecule has 0 radical (unpaired) electrons. The lowest BCUT2D eigenvalue weighted by Crippen LogP contribution is -2.45. The maximum Gasteiger partial charge on any atom is 0.262 e. The largest absolute Gasteiger partial charge is 0.497 e. The molecule has 2 N–H and O–H groups in total. The Balaban J connectivity index is 1.77. The van der Waals surface area contributed by atoms with Crippen molar-refractivity contribution in [3.05, 3.63) is 72.3 Å². The summed E-state index contributed by atoms with van der Waals surface area (Å²) in [7, 11) is -4.84. The molecule has 3 aromatic rings. The maximum atomic E-state index is 12.9. The Morgan fingerprint density at radius 3 is 2.05 bits per heavy atom. The summed E-state index contributed by atoms with van der Waals surface area (Å²) >= 11 is 0. The highest BCUT2D eigenvalue weighted by atomic mass is 32.2. The normalized spacial score (nSPS) is 12.4. The van der Waals surface area contributed by atoms with Crippen LogP contribution in [0.5, 0.6) is 11.5 Å². The van der Waals surface area contributed by atoms with E-state index in [1.54, 1.807) is 36.4 Å². The van der Waals surface area contributed by atoms with E-state index in [0.717, 1.165) is 16.1 Å². The molecule has 0 fully saturated rings. The molecule has 0 aromatic heterocycles. The number of ether oxygens (including phenoxy) is 2. The van der Waals surface area contributed by atoms with Crippen LogP contribution in [-0.2, 0) is 24.8 Å². The Bertz CT molecular complexity index is 1470. The van der Waals surface area contributed by atoms with Crippen molar-refractivity contribution in [2.45, 2.75) is 24.8 Å². The van der Waals surface area contributed by atoms with Gasteiger partial charge in [-0.05, 0) is 62.4 Å². The van der Waals surface area contributed by atoms with Gasteiger partial charge in [-0.3, -0.25) is 13.8 Å². The highest BCUT2D eigenvalue weighted by molar-refractivity contribution is 7.92. The number of carbonyl (C=O) groups excluding carboxylic acids is 1. The summed E-state index contributed by atoms with van der Waals surface area (Å²) in [6.07, 6.45) is 1.03. The van der Waals surface area contributed by atoms with Crippen molar-refractivity contribution in [1.82, 2.24) is 0 Å². The van der Waals surface area contributed by atoms with E-state index >= 15 is 0 Å². The van der Waals surface area contributed by atoms with Crippen LogP contribution in [0.25, 0.3) is 0 Å². The first-order valence-corrected chi connectivity index (χ1v) is 14.4. The molecular formula is C25H29N3O7S2. The molecule has 0 bridgehead atoms. The van der Waals surface area contributed by atoms with Crippen LogP contribution < -0.4 is 23.8 Å². The van der Waals surface area contributed by atoms with Gasteiger partial charge in [-0.25, -0.2) is 16.8 Å². The Morgan fingerprint density at radius 1 is 0.892 bits per heavy atom. The van der Waals surface area contributed by atoms with Gasteiger partial charge in [0, 0.05) is 11.8 Å². The lowest BCUT2D eigenvalue weighted by molar-refractivity contribution is -0.116. The second-order valence-corrected chi connectivity index (χ2v) is 11.8. The zero-order valence-electron chi connectivity index (χ0n) is 21.0. The number of anilines is 3. The predicted octanol–water partition coefficient (Wildman–Crippen LogP) is 3.61. The van der Waals surface area contributed by atoms with E-state index in [0.29, 0.717) is 17.1 Å². The number of carbonyl (C=O) groups is 1. The van der Waals surface area contributed by atoms with Crippen molar-refractivity contribution in [1.29, 1.82) is 0 Å². The number of benzene rings is 3. The molecule has 0 aliphatic carbocycles. The molecule has 1 atom stereocenters. The predicted molar refractivity (Wildman–Crippen MR) is 143 cm³/mol. The topological polar surface area (TPSA) is 131 Å². The Kier molecular flexibility index (Phi) is 8.34. The van der Waals surface area contributed by atoms with Gasteiger partial charge in [0.15, 0.2) is 0 Å². The number of aryl methyl sites for hydroxylation is 1. The summed E-state index contributed by atoms with van der Waals surface area (Å²) in [5, 5.41) is 2.64. The summed E-state index contributed by atoms with van der Waals surface area (Å²) < 4.78 is 64.6. The van der Waals surface area contributed by atoms with E-state index in [1.165, 1.54) is 51.5 Å². The minimum absolute atomic E-state index is 0.0474. The summed E-state index contributed by atoms with van der Waals surface area (Å²) in [5.74, 6) is 0.207. The molecule has 198 valence electrons. The molecule has 0 aliphatic heterocycles. The maximum absolute atomic E-state index is 12.9. The fourth-order valence-electron chi connectivity index (χ4n) is 3.55. The first-order chi connectivity index (χ1) is 17.4. The van der Waals surface area contributed by atoms with E-state index in [9.17, 15) is 21.6 Å². The van der Waals surface area contributed by atoms with Gasteiger partial charge < -0.3 is 14.8 Å². The van der Waals surface area contributed by atoms with Crippen LogP contribution in [0.3, 0.4) is 0 Å². The number of nitrogens with one attached hydrogen (secondary N) is 2. The average molecular weight is 548 g/mol. The number of amides is 1. The first-order valence-electron chi connectivity index (χ1n) is 11.1. The molecule has 3 rings (SSSR count). The SMILES string of the molecule is COc1ccc(NS(=O)(=O)c2ccc(NC(=O)[C@H](C)N(c3ccc(C)cc3)S(C)(=O)=O)cc2)c(OC)c1. The number of sulfonamides is 2. The number of methoxy groups -OCH3 is 2. The van der Waals surface area contributed by atoms with Crippen molar-refractivity contribution in [2.24, 2.45) is 0 Å². The number of rotatable bonds is 10. The van der Waals surface area contributed by atoms with Crippen molar-refractivity contribution >= 4 is 43.0 Å². The number of hydrogen-bond donors (Lipinski definition) is 2. The van der Waals surface area contributed by atoms with E-state index in [4.69, 9.17) is 9.47 Å². The third-order valence-electron chi connectivity index (χ3n) is 5.46. The fraction of sp³-hybridized carbons (Fsp3) is 0.240. The summed E-state index contributed by atoms with van der Waals surface area (Å²) in [5.41, 5.74) is 1.84. The molecular weight excluding hydrogens is 518 g/mol. The van der Waals surface area contributed by atoms with Gasteiger partial charge in [-0.15, -0.1) is 0 Å². The second-order valence-electron chi connectivity index (χ2n) is 8.26. The van der Waals surface area contributed by atoms with E-state index in [1.807, 2.05) is 6.92 Å². The molecule has 3 aromatic carbocycles. The van der Waals surface area contributed by atoms with E-state index in [-0.39, 0.29) is 16.3 Å². The lowest BCUT2D eigenvalue weighted by atomic mass is 10.2. The standard InChI is InChI=1S/C25H29N3O7S2/c1-17-6-10-20(11-7-17)28(36(5,30)31)18(2)25(29)26-19-8-13-22(14-9-19)37(32,33)27-23-15-12-21(34-3)16-24(23)35-4/h6-16,18,27H,1-5H3,(H,26,29)/t18-/m0/s1. The van der Waals surface area contributed by atoms with Gasteiger partial charge >= 0.3 is 0 Å². The number of nitrogens with zero attached hydrogens (tertiary/aromatic N) is 1. The molecule has 10 nitrogen and oxygen atoms in total. The first kappa shape index (κ1) is 27.8. The van der Waals surface area contributed by atoms with Gasteiger partial charge in [0.1, 0.15) is 17.5 Å². The molecule has 12 heteroatoms. The summed E-state index contributed by atoms with van der Waals surface area (Å²) in [6.45, 7) is 3.35. The van der Waals surface area contributed by atoms with Crippen LogP contribution >= 0.6 is 0 Å². The van der Waals surface area contributed by atoms with Crippen LogP contribution in [0.4, 0.5) is 17.1 Å². The van der Waals surface area contributed by atoms with E-state index in [2.05, 4.69) is 10.0 Å². The third kappa shape index (κ3) is 6.71. The monoisotopic (exact) mass is 547 g/mol. The van der Waals surface area contributed by atoms with E-state index < -0.39 is 32.0 Å². The van der Waals surface area contributed by atoms with Crippen LogP contribution in [0, 0.1) is 6.92 Å². The highest BCUT2D eigenvalue weighted by Crippen LogP contribution is 2.31. The zero-order valence-corrected chi connectivity index (χ0v) is 22.7. The minimum atomic E-state index is -3.97. The Labute approximate surface area is 217 Å². The van der Waals surface area contributed by atoms with Crippen molar-refractivity contribution in [3.8, 4) is 11.5 Å². The molecule has 37 heavy (non-hydrogen) atoms. The molecule has 0 saturated carbocycles. The quantitative estimate of drug-likeness (QED) is 0.396. The van der Waals surface area contributed by atoms with Crippen molar-refractivity contribution in [2.75, 3.05) is 34.8 Å². The fourth-order valence-corrected chi connectivity index (χ4v) is 5.80. The molecule has 1 amide bonds. The smallest absolute Gasteiger partial charge is 0.262 e. The lowest BCUT2D eigenvalue weighted by Gasteiger charge is -2.28. The van der Waals surface area contributed by atoms with Crippen molar-refractivity contribution < 1.29 is 31.1 Å². The summed E-state index contributed by atoms with van der Waals surface area (Å²) in [4.78, 5) is 12.9. The molecule has 0 saturated heterocycles.